The Morgan fingerprint density at radius 3 is 2.73 bits per heavy atom. The van der Waals surface area contributed by atoms with E-state index in [1.807, 2.05) is 0 Å². The monoisotopic (exact) mass is 212 g/mol. The summed E-state index contributed by atoms with van der Waals surface area (Å²) in [7, 11) is 2.15. The predicted molar refractivity (Wildman–Crippen MR) is 57.7 cm³/mol. The van der Waals surface area contributed by atoms with Crippen molar-refractivity contribution < 1.29 is 9.53 Å². The maximum Gasteiger partial charge on any atom is 0.407 e. The molecule has 0 radical (unpaired) electrons. The van der Waals surface area contributed by atoms with Gasteiger partial charge in [-0.15, -0.1) is 0 Å². The molecular weight excluding hydrogens is 192 g/mol. The number of rotatable bonds is 1. The van der Waals surface area contributed by atoms with Gasteiger partial charge in [0.25, 0.3) is 0 Å². The first-order valence-corrected chi connectivity index (χ1v) is 5.75. The van der Waals surface area contributed by atoms with Gasteiger partial charge in [0, 0.05) is 18.9 Å². The number of hydrogen-bond acceptors (Lipinski definition) is 3. The maximum atomic E-state index is 11.2. The van der Waals surface area contributed by atoms with Crippen molar-refractivity contribution in [2.45, 2.75) is 31.8 Å². The molecule has 1 atom stereocenters. The van der Waals surface area contributed by atoms with Crippen LogP contribution >= 0.6 is 0 Å². The summed E-state index contributed by atoms with van der Waals surface area (Å²) in [5, 5.41) is 2.71. The van der Waals surface area contributed by atoms with Crippen LogP contribution in [0.2, 0.25) is 0 Å². The van der Waals surface area contributed by atoms with Crippen LogP contribution < -0.4 is 5.32 Å². The topological polar surface area (TPSA) is 41.6 Å². The largest absolute Gasteiger partial charge is 0.443 e. The van der Waals surface area contributed by atoms with Gasteiger partial charge in [0.1, 0.15) is 5.60 Å². The molecule has 1 amide bonds. The Morgan fingerprint density at radius 1 is 1.47 bits per heavy atom. The molecule has 15 heavy (non-hydrogen) atoms. The summed E-state index contributed by atoms with van der Waals surface area (Å²) in [6.45, 7) is 5.07. The first-order chi connectivity index (χ1) is 7.10. The third kappa shape index (κ3) is 2.25. The summed E-state index contributed by atoms with van der Waals surface area (Å²) in [6.07, 6.45) is 2.97. The lowest BCUT2D eigenvalue weighted by atomic mass is 9.79. The fraction of sp³-hybridized carbons (Fsp3) is 0.909. The zero-order chi connectivity index (χ0) is 10.9. The molecule has 0 spiro atoms. The van der Waals surface area contributed by atoms with Crippen LogP contribution in [0, 0.1) is 5.92 Å². The molecule has 2 aliphatic rings. The molecule has 4 nitrogen and oxygen atoms in total. The second-order valence-electron chi connectivity index (χ2n) is 4.96. The second kappa shape index (κ2) is 4.00. The van der Waals surface area contributed by atoms with Crippen LogP contribution in [0.15, 0.2) is 0 Å². The molecule has 2 heterocycles. The van der Waals surface area contributed by atoms with Crippen molar-refractivity contribution in [2.75, 3.05) is 26.7 Å². The number of carbonyl (C=O) groups excluding carboxylic acids is 1. The molecule has 0 aromatic rings. The Labute approximate surface area is 91.0 Å². The molecule has 1 N–H and O–H groups in total. The lowest BCUT2D eigenvalue weighted by Crippen LogP contribution is -2.52. The van der Waals surface area contributed by atoms with E-state index >= 15 is 0 Å². The van der Waals surface area contributed by atoms with Crippen LogP contribution in [0.5, 0.6) is 0 Å². The number of carbonyl (C=O) groups is 1. The molecule has 1 unspecified atom stereocenters. The highest BCUT2D eigenvalue weighted by Crippen LogP contribution is 2.34. The van der Waals surface area contributed by atoms with E-state index in [1.165, 1.54) is 0 Å². The van der Waals surface area contributed by atoms with Gasteiger partial charge in [0.2, 0.25) is 0 Å². The van der Waals surface area contributed by atoms with Gasteiger partial charge in [0.05, 0.1) is 0 Å². The minimum atomic E-state index is -0.248. The van der Waals surface area contributed by atoms with Crippen LogP contribution in [0.3, 0.4) is 0 Å². The highest BCUT2D eigenvalue weighted by atomic mass is 16.6. The number of nitrogens with one attached hydrogen (secondary N) is 1. The van der Waals surface area contributed by atoms with Gasteiger partial charge in [-0.1, -0.05) is 0 Å². The van der Waals surface area contributed by atoms with Crippen LogP contribution in [-0.2, 0) is 4.74 Å². The molecule has 0 aliphatic carbocycles. The molecule has 2 rings (SSSR count). The Bertz CT molecular complexity index is 249. The van der Waals surface area contributed by atoms with Gasteiger partial charge in [0.15, 0.2) is 0 Å². The highest BCUT2D eigenvalue weighted by molar-refractivity contribution is 5.68. The number of hydrogen-bond donors (Lipinski definition) is 1. The van der Waals surface area contributed by atoms with Crippen molar-refractivity contribution in [3.63, 3.8) is 0 Å². The fourth-order valence-corrected chi connectivity index (χ4v) is 2.62. The normalized spacial score (nSPS) is 34.7. The molecule has 4 heteroatoms. The molecule has 2 fully saturated rings. The molecule has 2 saturated heterocycles. The minimum Gasteiger partial charge on any atom is -0.443 e. The van der Waals surface area contributed by atoms with Crippen molar-refractivity contribution in [1.82, 2.24) is 10.2 Å². The lowest BCUT2D eigenvalue weighted by molar-refractivity contribution is -0.0581. The lowest BCUT2D eigenvalue weighted by Gasteiger charge is -2.43. The Balaban J connectivity index is 1.98. The number of likely N-dealkylation sites (tertiary alicyclic amines) is 1. The first kappa shape index (κ1) is 10.7. The van der Waals surface area contributed by atoms with Crippen molar-refractivity contribution in [3.8, 4) is 0 Å². The van der Waals surface area contributed by atoms with E-state index in [2.05, 4.69) is 24.2 Å². The summed E-state index contributed by atoms with van der Waals surface area (Å²) in [4.78, 5) is 13.6. The van der Waals surface area contributed by atoms with Crippen LogP contribution in [0.25, 0.3) is 0 Å². The number of piperidine rings is 1. The van der Waals surface area contributed by atoms with E-state index < -0.39 is 0 Å². The molecule has 0 aromatic carbocycles. The average molecular weight is 212 g/mol. The van der Waals surface area contributed by atoms with Gasteiger partial charge in [-0.2, -0.15) is 0 Å². The maximum absolute atomic E-state index is 11.2. The second-order valence-corrected chi connectivity index (χ2v) is 4.96. The van der Waals surface area contributed by atoms with E-state index in [9.17, 15) is 4.79 Å². The smallest absolute Gasteiger partial charge is 0.407 e. The third-order valence-corrected chi connectivity index (χ3v) is 3.80. The average Bonchev–Trinajstić information content (AvgIpc) is 2.18. The third-order valence-electron chi connectivity index (χ3n) is 3.80. The van der Waals surface area contributed by atoms with Gasteiger partial charge < -0.3 is 15.0 Å². The van der Waals surface area contributed by atoms with Crippen LogP contribution in [-0.4, -0.2) is 43.3 Å². The highest BCUT2D eigenvalue weighted by Gasteiger charge is 2.41. The SMILES string of the molecule is CN1CCC(C2(C)CCNC(=O)O2)CC1. The summed E-state index contributed by atoms with van der Waals surface area (Å²) >= 11 is 0. The van der Waals surface area contributed by atoms with Crippen molar-refractivity contribution in [2.24, 2.45) is 5.92 Å². The number of cyclic esters (lactones) is 1. The van der Waals surface area contributed by atoms with Crippen LogP contribution in [0.4, 0.5) is 4.79 Å². The van der Waals surface area contributed by atoms with E-state index in [0.29, 0.717) is 5.92 Å². The molecule has 2 aliphatic heterocycles. The summed E-state index contributed by atoms with van der Waals surface area (Å²) in [5.74, 6) is 0.528. The van der Waals surface area contributed by atoms with Gasteiger partial charge in [-0.3, -0.25) is 0 Å². The quantitative estimate of drug-likeness (QED) is 0.710. The van der Waals surface area contributed by atoms with Crippen LogP contribution in [0.1, 0.15) is 26.2 Å². The first-order valence-electron chi connectivity index (χ1n) is 5.75. The van der Waals surface area contributed by atoms with E-state index in [4.69, 9.17) is 4.74 Å². The van der Waals surface area contributed by atoms with Gasteiger partial charge in [-0.05, 0) is 39.9 Å². The molecule has 86 valence electrons. The minimum absolute atomic E-state index is 0.233. The van der Waals surface area contributed by atoms with E-state index in [0.717, 1.165) is 38.9 Å². The van der Waals surface area contributed by atoms with Crippen molar-refractivity contribution in [1.29, 1.82) is 0 Å². The van der Waals surface area contributed by atoms with Crippen molar-refractivity contribution >= 4 is 6.09 Å². The summed E-state index contributed by atoms with van der Waals surface area (Å²) in [5.41, 5.74) is -0.233. The molecule has 0 bridgehead atoms. The number of ether oxygens (including phenoxy) is 1. The van der Waals surface area contributed by atoms with Gasteiger partial charge >= 0.3 is 6.09 Å². The zero-order valence-electron chi connectivity index (χ0n) is 9.58. The number of nitrogens with zero attached hydrogens (tertiary/aromatic N) is 1. The van der Waals surface area contributed by atoms with E-state index in [1.54, 1.807) is 0 Å². The summed E-state index contributed by atoms with van der Waals surface area (Å²) < 4.78 is 5.48. The number of amides is 1. The van der Waals surface area contributed by atoms with E-state index in [-0.39, 0.29) is 11.7 Å². The summed E-state index contributed by atoms with van der Waals surface area (Å²) in [6, 6.07) is 0. The standard InChI is InChI=1S/C11H20N2O2/c1-11(5-6-12-10(14)15-11)9-3-7-13(2)8-4-9/h9H,3-8H2,1-2H3,(H,12,14). The number of alkyl carbamates (subject to hydrolysis) is 1. The fourth-order valence-electron chi connectivity index (χ4n) is 2.62. The van der Waals surface area contributed by atoms with Crippen molar-refractivity contribution in [3.05, 3.63) is 0 Å². The molecule has 0 aromatic heterocycles. The molecular formula is C11H20N2O2. The Hall–Kier alpha value is -0.770. The predicted octanol–water partition coefficient (Wildman–Crippen LogP) is 1.22. The zero-order valence-corrected chi connectivity index (χ0v) is 9.58. The Morgan fingerprint density at radius 2 is 2.13 bits per heavy atom. The van der Waals surface area contributed by atoms with Gasteiger partial charge in [-0.25, -0.2) is 4.79 Å². The Kier molecular flexibility index (Phi) is 2.87. The molecule has 0 saturated carbocycles.